The average Bonchev–Trinajstić information content (AvgIpc) is 3.06. The summed E-state index contributed by atoms with van der Waals surface area (Å²) in [6.45, 7) is -1.18. The predicted molar refractivity (Wildman–Crippen MR) is 103 cm³/mol. The maximum Gasteiger partial charge on any atom is 0.344 e. The summed E-state index contributed by atoms with van der Waals surface area (Å²) >= 11 is 0. The Kier molecular flexibility index (Phi) is 6.28. The molecule has 0 bridgehead atoms. The molecule has 0 saturated carbocycles. The van der Waals surface area contributed by atoms with Crippen molar-refractivity contribution in [3.63, 3.8) is 0 Å². The largest absolute Gasteiger partial charge is 0.479 e. The first-order valence-electron chi connectivity index (χ1n) is 8.67. The van der Waals surface area contributed by atoms with E-state index >= 15 is 0 Å². The number of amides is 1. The molecule has 29 heavy (non-hydrogen) atoms. The Morgan fingerprint density at radius 2 is 1.72 bits per heavy atom. The minimum Gasteiger partial charge on any atom is -0.479 e. The van der Waals surface area contributed by atoms with Crippen LogP contribution in [0.4, 0.5) is 10.1 Å². The van der Waals surface area contributed by atoms with Gasteiger partial charge in [0.2, 0.25) is 0 Å². The Hall–Kier alpha value is -3.20. The van der Waals surface area contributed by atoms with Gasteiger partial charge in [-0.15, -0.1) is 0 Å². The van der Waals surface area contributed by atoms with Gasteiger partial charge in [0.25, 0.3) is 5.91 Å². The van der Waals surface area contributed by atoms with Crippen LogP contribution in [0.1, 0.15) is 0 Å². The molecule has 1 heterocycles. The van der Waals surface area contributed by atoms with E-state index < -0.39 is 46.8 Å². The van der Waals surface area contributed by atoms with Crippen molar-refractivity contribution in [2.24, 2.45) is 0 Å². The maximum absolute atomic E-state index is 13.5. The SMILES string of the molecule is O=C(COc1ccccc1F)OCC(=O)N(c1ccccc1)C1C=CS(=O)(=O)C1. The molecular weight excluding hydrogens is 401 g/mol. The molecule has 3 rings (SSSR count). The van der Waals surface area contributed by atoms with Crippen molar-refractivity contribution < 1.29 is 31.9 Å². The van der Waals surface area contributed by atoms with Gasteiger partial charge in [0.05, 0.1) is 11.8 Å². The molecule has 0 spiro atoms. The molecule has 1 aliphatic rings. The Morgan fingerprint density at radius 3 is 2.38 bits per heavy atom. The van der Waals surface area contributed by atoms with Crippen molar-refractivity contribution in [1.82, 2.24) is 0 Å². The summed E-state index contributed by atoms with van der Waals surface area (Å²) in [6.07, 6.45) is 1.42. The fourth-order valence-corrected chi connectivity index (χ4v) is 4.05. The molecule has 7 nitrogen and oxygen atoms in total. The molecule has 0 N–H and O–H groups in total. The Labute approximate surface area is 167 Å². The Morgan fingerprint density at radius 1 is 1.03 bits per heavy atom. The molecule has 0 saturated heterocycles. The van der Waals surface area contributed by atoms with Gasteiger partial charge < -0.3 is 14.4 Å². The highest BCUT2D eigenvalue weighted by molar-refractivity contribution is 7.94. The summed E-state index contributed by atoms with van der Waals surface area (Å²) in [7, 11) is -3.39. The summed E-state index contributed by atoms with van der Waals surface area (Å²) in [5, 5.41) is 1.06. The van der Waals surface area contributed by atoms with Crippen LogP contribution in [-0.2, 0) is 24.2 Å². The number of ether oxygens (including phenoxy) is 2. The second-order valence-electron chi connectivity index (χ2n) is 6.20. The van der Waals surface area contributed by atoms with Crippen LogP contribution in [0.15, 0.2) is 66.1 Å². The second kappa shape index (κ2) is 8.87. The van der Waals surface area contributed by atoms with E-state index in [2.05, 4.69) is 0 Å². The molecule has 0 radical (unpaired) electrons. The van der Waals surface area contributed by atoms with Gasteiger partial charge >= 0.3 is 5.97 Å². The number of anilines is 1. The first-order valence-corrected chi connectivity index (χ1v) is 10.4. The van der Waals surface area contributed by atoms with Gasteiger partial charge in [-0.3, -0.25) is 4.79 Å². The van der Waals surface area contributed by atoms with E-state index in [1.807, 2.05) is 0 Å². The molecule has 9 heteroatoms. The van der Waals surface area contributed by atoms with Crippen LogP contribution in [0.3, 0.4) is 0 Å². The van der Waals surface area contributed by atoms with E-state index in [1.165, 1.54) is 29.2 Å². The van der Waals surface area contributed by atoms with Crippen LogP contribution in [-0.4, -0.2) is 45.3 Å². The minimum absolute atomic E-state index is 0.108. The Bertz CT molecular complexity index is 1020. The number of hydrogen-bond donors (Lipinski definition) is 0. The van der Waals surface area contributed by atoms with Gasteiger partial charge in [-0.05, 0) is 30.3 Å². The lowest BCUT2D eigenvalue weighted by molar-refractivity contribution is -0.149. The standard InChI is InChI=1S/C20H18FNO6S/c21-17-8-4-5-9-18(17)27-13-20(24)28-12-19(23)22(15-6-2-1-3-7-15)16-10-11-29(25,26)14-16/h1-11,16H,12-14H2. The minimum atomic E-state index is -3.39. The highest BCUT2D eigenvalue weighted by Crippen LogP contribution is 2.23. The smallest absolute Gasteiger partial charge is 0.344 e. The molecule has 0 aromatic heterocycles. The molecule has 0 aliphatic carbocycles. The second-order valence-corrected chi connectivity index (χ2v) is 8.14. The molecule has 1 amide bonds. The van der Waals surface area contributed by atoms with Crippen molar-refractivity contribution in [2.75, 3.05) is 23.9 Å². The van der Waals surface area contributed by atoms with E-state index in [9.17, 15) is 22.4 Å². The molecule has 0 fully saturated rings. The molecule has 1 atom stereocenters. The lowest BCUT2D eigenvalue weighted by Crippen LogP contribution is -2.43. The fraction of sp³-hybridized carbons (Fsp3) is 0.200. The zero-order valence-electron chi connectivity index (χ0n) is 15.2. The summed E-state index contributed by atoms with van der Waals surface area (Å²) < 4.78 is 47.0. The third-order valence-corrected chi connectivity index (χ3v) is 5.46. The zero-order valence-corrected chi connectivity index (χ0v) is 16.0. The van der Waals surface area contributed by atoms with E-state index in [0.717, 1.165) is 5.41 Å². The monoisotopic (exact) mass is 419 g/mol. The van der Waals surface area contributed by atoms with Crippen molar-refractivity contribution in [2.45, 2.75) is 6.04 Å². The molecule has 1 unspecified atom stereocenters. The number of benzene rings is 2. The highest BCUT2D eigenvalue weighted by Gasteiger charge is 2.31. The number of sulfone groups is 1. The van der Waals surface area contributed by atoms with Gasteiger partial charge in [0.15, 0.2) is 34.6 Å². The van der Waals surface area contributed by atoms with Crippen LogP contribution in [0.25, 0.3) is 0 Å². The van der Waals surface area contributed by atoms with Crippen LogP contribution in [0, 0.1) is 5.82 Å². The lowest BCUT2D eigenvalue weighted by Gasteiger charge is -2.27. The summed E-state index contributed by atoms with van der Waals surface area (Å²) in [5.74, 6) is -2.44. The third-order valence-electron chi connectivity index (χ3n) is 4.08. The number of hydrogen-bond acceptors (Lipinski definition) is 6. The number of rotatable bonds is 7. The number of nitrogens with zero attached hydrogens (tertiary/aromatic N) is 1. The van der Waals surface area contributed by atoms with Crippen molar-refractivity contribution in [1.29, 1.82) is 0 Å². The summed E-state index contributed by atoms with van der Waals surface area (Å²) in [4.78, 5) is 25.8. The van der Waals surface area contributed by atoms with E-state index in [0.29, 0.717) is 5.69 Å². The lowest BCUT2D eigenvalue weighted by atomic mass is 10.2. The maximum atomic E-state index is 13.5. The molecule has 1 aliphatic heterocycles. The number of para-hydroxylation sites is 2. The quantitative estimate of drug-likeness (QED) is 0.639. The van der Waals surface area contributed by atoms with Gasteiger partial charge in [0, 0.05) is 11.1 Å². The zero-order chi connectivity index (χ0) is 20.9. The van der Waals surface area contributed by atoms with E-state index in [1.54, 1.807) is 36.4 Å². The van der Waals surface area contributed by atoms with Crippen molar-refractivity contribution in [3.8, 4) is 5.75 Å². The van der Waals surface area contributed by atoms with Gasteiger partial charge in [-0.25, -0.2) is 17.6 Å². The first-order chi connectivity index (χ1) is 13.9. The van der Waals surface area contributed by atoms with Crippen molar-refractivity contribution in [3.05, 3.63) is 71.9 Å². The number of carbonyl (C=O) groups excluding carboxylic acids is 2. The van der Waals surface area contributed by atoms with Gasteiger partial charge in [-0.1, -0.05) is 30.3 Å². The third kappa shape index (κ3) is 5.41. The number of carbonyl (C=O) groups is 2. The summed E-state index contributed by atoms with van der Waals surface area (Å²) in [6, 6.07) is 13.3. The molecule has 152 valence electrons. The van der Waals surface area contributed by atoms with Crippen molar-refractivity contribution >= 4 is 27.4 Å². The van der Waals surface area contributed by atoms with Crippen LogP contribution >= 0.6 is 0 Å². The summed E-state index contributed by atoms with van der Waals surface area (Å²) in [5.41, 5.74) is 0.475. The van der Waals surface area contributed by atoms with Gasteiger partial charge in [-0.2, -0.15) is 0 Å². The number of halogens is 1. The fourth-order valence-electron chi connectivity index (χ4n) is 2.78. The first kappa shape index (κ1) is 20.5. The molecule has 2 aromatic carbocycles. The van der Waals surface area contributed by atoms with E-state index in [4.69, 9.17) is 9.47 Å². The average molecular weight is 419 g/mol. The molecule has 2 aromatic rings. The normalized spacial score (nSPS) is 16.9. The van der Waals surface area contributed by atoms with Crippen LogP contribution in [0.5, 0.6) is 5.75 Å². The number of esters is 1. The van der Waals surface area contributed by atoms with Crippen LogP contribution < -0.4 is 9.64 Å². The Balaban J connectivity index is 1.62. The van der Waals surface area contributed by atoms with E-state index in [-0.39, 0.29) is 11.5 Å². The highest BCUT2D eigenvalue weighted by atomic mass is 32.2. The van der Waals surface area contributed by atoms with Gasteiger partial charge in [0.1, 0.15) is 0 Å². The predicted octanol–water partition coefficient (Wildman–Crippen LogP) is 2.09. The van der Waals surface area contributed by atoms with Crippen LogP contribution in [0.2, 0.25) is 0 Å². The topological polar surface area (TPSA) is 90.0 Å². The molecular formula is C20H18FNO6S.